The molecule has 1 aromatic heterocycles. The van der Waals surface area contributed by atoms with Gasteiger partial charge in [-0.15, -0.1) is 0 Å². The van der Waals surface area contributed by atoms with Gasteiger partial charge in [0, 0.05) is 27.2 Å². The maximum Gasteiger partial charge on any atom is 0.316 e. The number of aryl methyl sites for hydroxylation is 2. The van der Waals surface area contributed by atoms with Gasteiger partial charge in [-0.2, -0.15) is 0 Å². The number of anilines is 2. The predicted octanol–water partition coefficient (Wildman–Crippen LogP) is 2.03. The standard InChI is InChI=1S/C23H26N4O4/c1-25-19-13-17(24-21(28)12-15-7-6-8-16(11-15)31-3)18(27-9-4-5-10-27)14-20(19)26(2)23(30)22(25)29/h6-8,11,13-14H,4-5,9-10,12H2,1-3H3,(H,24,28). The van der Waals surface area contributed by atoms with Crippen LogP contribution in [0.2, 0.25) is 0 Å². The minimum Gasteiger partial charge on any atom is -0.497 e. The molecular formula is C23H26N4O4. The molecule has 1 aliphatic heterocycles. The van der Waals surface area contributed by atoms with Crippen molar-refractivity contribution in [3.05, 3.63) is 62.7 Å². The first kappa shape index (κ1) is 20.7. The van der Waals surface area contributed by atoms with Gasteiger partial charge in [0.05, 0.1) is 35.9 Å². The zero-order chi connectivity index (χ0) is 22.1. The van der Waals surface area contributed by atoms with Crippen LogP contribution in [0, 0.1) is 0 Å². The number of hydrogen-bond acceptors (Lipinski definition) is 5. The molecule has 0 spiro atoms. The molecule has 1 fully saturated rings. The molecule has 3 aromatic rings. The molecule has 0 aliphatic carbocycles. The van der Waals surface area contributed by atoms with E-state index in [2.05, 4.69) is 10.2 Å². The Bertz CT molecular complexity index is 1270. The van der Waals surface area contributed by atoms with E-state index in [0.29, 0.717) is 22.5 Å². The van der Waals surface area contributed by atoms with Crippen LogP contribution >= 0.6 is 0 Å². The summed E-state index contributed by atoms with van der Waals surface area (Å²) in [6.07, 6.45) is 2.34. The Hall–Kier alpha value is -3.55. The molecule has 0 saturated carbocycles. The Balaban J connectivity index is 1.76. The number of fused-ring (bicyclic) bond motifs is 1. The third-order valence-electron chi connectivity index (χ3n) is 5.83. The van der Waals surface area contributed by atoms with Gasteiger partial charge in [-0.25, -0.2) is 0 Å². The summed E-state index contributed by atoms with van der Waals surface area (Å²) in [5, 5.41) is 3.02. The van der Waals surface area contributed by atoms with Gasteiger partial charge in [0.1, 0.15) is 5.75 Å². The van der Waals surface area contributed by atoms with Crippen molar-refractivity contribution in [1.29, 1.82) is 0 Å². The number of amides is 1. The SMILES string of the molecule is COc1cccc(CC(=O)Nc2cc3c(cc2N2CCCC2)n(C)c(=O)c(=O)n3C)c1. The zero-order valence-corrected chi connectivity index (χ0v) is 18.0. The Kier molecular flexibility index (Phi) is 5.54. The molecular weight excluding hydrogens is 396 g/mol. The number of carbonyl (C=O) groups excluding carboxylic acids is 1. The van der Waals surface area contributed by atoms with Crippen molar-refractivity contribution in [1.82, 2.24) is 9.13 Å². The van der Waals surface area contributed by atoms with Gasteiger partial charge in [0.25, 0.3) is 0 Å². The first-order valence-corrected chi connectivity index (χ1v) is 10.3. The number of aromatic nitrogens is 2. The molecule has 162 valence electrons. The molecule has 1 aliphatic rings. The molecule has 1 amide bonds. The summed E-state index contributed by atoms with van der Waals surface area (Å²) in [7, 11) is 4.76. The largest absolute Gasteiger partial charge is 0.497 e. The van der Waals surface area contributed by atoms with Gasteiger partial charge in [-0.05, 0) is 42.7 Å². The first-order chi connectivity index (χ1) is 14.9. The van der Waals surface area contributed by atoms with E-state index in [0.717, 1.165) is 37.2 Å². The number of hydrogen-bond donors (Lipinski definition) is 1. The Labute approximate surface area is 179 Å². The van der Waals surface area contributed by atoms with Crippen LogP contribution in [0.4, 0.5) is 11.4 Å². The van der Waals surface area contributed by atoms with Gasteiger partial charge in [-0.3, -0.25) is 14.4 Å². The number of rotatable bonds is 5. The predicted molar refractivity (Wildman–Crippen MR) is 121 cm³/mol. The lowest BCUT2D eigenvalue weighted by atomic mass is 10.1. The molecule has 1 saturated heterocycles. The third kappa shape index (κ3) is 3.93. The van der Waals surface area contributed by atoms with Crippen molar-refractivity contribution >= 4 is 28.3 Å². The molecule has 2 aromatic carbocycles. The molecule has 0 radical (unpaired) electrons. The molecule has 0 bridgehead atoms. The summed E-state index contributed by atoms with van der Waals surface area (Å²) in [6.45, 7) is 1.76. The van der Waals surface area contributed by atoms with Gasteiger partial charge in [0.2, 0.25) is 5.91 Å². The van der Waals surface area contributed by atoms with Crippen LogP contribution in [-0.4, -0.2) is 35.2 Å². The molecule has 0 unspecified atom stereocenters. The van der Waals surface area contributed by atoms with E-state index in [1.165, 1.54) is 9.13 Å². The van der Waals surface area contributed by atoms with Crippen LogP contribution in [0.3, 0.4) is 0 Å². The fraction of sp³-hybridized carbons (Fsp3) is 0.348. The van der Waals surface area contributed by atoms with E-state index in [9.17, 15) is 14.4 Å². The summed E-state index contributed by atoms with van der Waals surface area (Å²) in [5.74, 6) is 0.535. The smallest absolute Gasteiger partial charge is 0.316 e. The Morgan fingerprint density at radius 2 is 1.65 bits per heavy atom. The highest BCUT2D eigenvalue weighted by Crippen LogP contribution is 2.33. The van der Waals surface area contributed by atoms with Crippen molar-refractivity contribution in [2.45, 2.75) is 19.3 Å². The second-order valence-corrected chi connectivity index (χ2v) is 7.86. The van der Waals surface area contributed by atoms with Crippen molar-refractivity contribution in [3.8, 4) is 5.75 Å². The van der Waals surface area contributed by atoms with E-state index in [1.807, 2.05) is 30.3 Å². The maximum absolute atomic E-state index is 12.9. The van der Waals surface area contributed by atoms with Crippen molar-refractivity contribution < 1.29 is 9.53 Å². The van der Waals surface area contributed by atoms with Crippen LogP contribution in [0.25, 0.3) is 11.0 Å². The summed E-state index contributed by atoms with van der Waals surface area (Å²) in [6, 6.07) is 11.1. The normalized spacial score (nSPS) is 13.6. The average molecular weight is 422 g/mol. The van der Waals surface area contributed by atoms with Gasteiger partial charge >= 0.3 is 11.1 Å². The van der Waals surface area contributed by atoms with Crippen molar-refractivity contribution in [3.63, 3.8) is 0 Å². The van der Waals surface area contributed by atoms with Crippen molar-refractivity contribution in [2.24, 2.45) is 14.1 Å². The molecule has 1 N–H and O–H groups in total. The van der Waals surface area contributed by atoms with Crippen LogP contribution in [-0.2, 0) is 25.3 Å². The zero-order valence-electron chi connectivity index (χ0n) is 18.0. The van der Waals surface area contributed by atoms with Crippen molar-refractivity contribution in [2.75, 3.05) is 30.4 Å². The second kappa shape index (κ2) is 8.29. The second-order valence-electron chi connectivity index (χ2n) is 7.86. The van der Waals surface area contributed by atoms with Crippen LogP contribution in [0.15, 0.2) is 46.0 Å². The van der Waals surface area contributed by atoms with E-state index in [1.54, 1.807) is 27.3 Å². The molecule has 4 rings (SSSR count). The lowest BCUT2D eigenvalue weighted by Gasteiger charge is -2.23. The van der Waals surface area contributed by atoms with Gasteiger partial charge < -0.3 is 24.1 Å². The molecule has 0 atom stereocenters. The van der Waals surface area contributed by atoms with E-state index in [-0.39, 0.29) is 12.3 Å². The number of carbonyl (C=O) groups is 1. The molecule has 2 heterocycles. The van der Waals surface area contributed by atoms with Crippen LogP contribution < -0.4 is 26.1 Å². The van der Waals surface area contributed by atoms with Crippen LogP contribution in [0.5, 0.6) is 5.75 Å². The number of nitrogens with one attached hydrogen (secondary N) is 1. The fourth-order valence-electron chi connectivity index (χ4n) is 4.09. The lowest BCUT2D eigenvalue weighted by molar-refractivity contribution is -0.115. The minimum atomic E-state index is -0.599. The third-order valence-corrected chi connectivity index (χ3v) is 5.83. The number of nitrogens with zero attached hydrogens (tertiary/aromatic N) is 3. The van der Waals surface area contributed by atoms with Crippen LogP contribution in [0.1, 0.15) is 18.4 Å². The number of ether oxygens (including phenoxy) is 1. The molecule has 8 nitrogen and oxygen atoms in total. The fourth-order valence-corrected chi connectivity index (χ4v) is 4.09. The maximum atomic E-state index is 12.9. The van der Waals surface area contributed by atoms with E-state index >= 15 is 0 Å². The van der Waals surface area contributed by atoms with Gasteiger partial charge in [0.15, 0.2) is 0 Å². The van der Waals surface area contributed by atoms with E-state index in [4.69, 9.17) is 4.74 Å². The summed E-state index contributed by atoms with van der Waals surface area (Å²) in [5.41, 5.74) is 2.41. The van der Waals surface area contributed by atoms with E-state index < -0.39 is 11.1 Å². The van der Waals surface area contributed by atoms with Gasteiger partial charge in [-0.1, -0.05) is 12.1 Å². The molecule has 31 heavy (non-hydrogen) atoms. The molecule has 8 heteroatoms. The number of benzene rings is 2. The first-order valence-electron chi connectivity index (χ1n) is 10.3. The topological polar surface area (TPSA) is 85.6 Å². The highest BCUT2D eigenvalue weighted by atomic mass is 16.5. The Morgan fingerprint density at radius 1 is 1.00 bits per heavy atom. The Morgan fingerprint density at radius 3 is 2.29 bits per heavy atom. The summed E-state index contributed by atoms with van der Waals surface area (Å²) < 4.78 is 7.95. The average Bonchev–Trinajstić information content (AvgIpc) is 3.30. The quantitative estimate of drug-likeness (QED) is 0.636. The monoisotopic (exact) mass is 422 g/mol. The summed E-state index contributed by atoms with van der Waals surface area (Å²) >= 11 is 0. The number of methoxy groups -OCH3 is 1. The summed E-state index contributed by atoms with van der Waals surface area (Å²) in [4.78, 5) is 39.7. The highest BCUT2D eigenvalue weighted by Gasteiger charge is 2.20. The minimum absolute atomic E-state index is 0.164. The highest BCUT2D eigenvalue weighted by molar-refractivity contribution is 5.99. The lowest BCUT2D eigenvalue weighted by Crippen LogP contribution is -2.39.